The fourth-order valence-corrected chi connectivity index (χ4v) is 4.08. The van der Waals surface area contributed by atoms with Gasteiger partial charge in [0.05, 0.1) is 28.2 Å². The predicted molar refractivity (Wildman–Crippen MR) is 119 cm³/mol. The number of methoxy groups -OCH3 is 1. The van der Waals surface area contributed by atoms with E-state index in [1.165, 1.54) is 7.11 Å². The van der Waals surface area contributed by atoms with Crippen molar-refractivity contribution in [3.8, 4) is 16.9 Å². The summed E-state index contributed by atoms with van der Waals surface area (Å²) in [5, 5.41) is 40.0. The Bertz CT molecular complexity index is 1590. The lowest BCUT2D eigenvalue weighted by atomic mass is 10.00. The number of aromatic nitrogens is 3. The van der Waals surface area contributed by atoms with Gasteiger partial charge in [0.1, 0.15) is 11.3 Å². The predicted octanol–water partition coefficient (Wildman–Crippen LogP) is 3.96. The summed E-state index contributed by atoms with van der Waals surface area (Å²) in [7, 11) is 1.49. The van der Waals surface area contributed by atoms with Crippen molar-refractivity contribution in [3.63, 3.8) is 0 Å². The topological polar surface area (TPSA) is 153 Å². The molecule has 5 aromatic rings. The number of nitrogens with zero attached hydrogens (tertiary/aromatic N) is 5. The second-order valence-corrected chi connectivity index (χ2v) is 7.47. The van der Waals surface area contributed by atoms with Gasteiger partial charge in [0.15, 0.2) is 0 Å². The zero-order valence-corrected chi connectivity index (χ0v) is 17.6. The molecule has 0 N–H and O–H groups in total. The average Bonchev–Trinajstić information content (AvgIpc) is 3.39. The molecule has 0 saturated heterocycles. The van der Waals surface area contributed by atoms with Crippen molar-refractivity contribution in [2.75, 3.05) is 7.11 Å². The lowest BCUT2D eigenvalue weighted by molar-refractivity contribution is -0.782. The molecule has 0 fully saturated rings. The zero-order valence-electron chi connectivity index (χ0n) is 17.6. The number of ether oxygens (including phenoxy) is 1. The normalized spacial score (nSPS) is 11.2. The number of nitro benzene ring substituents is 2. The van der Waals surface area contributed by atoms with Crippen LogP contribution in [0.5, 0.6) is 5.75 Å². The van der Waals surface area contributed by atoms with E-state index >= 15 is 0 Å². The first-order valence-corrected chi connectivity index (χ1v) is 9.95. The van der Waals surface area contributed by atoms with Crippen molar-refractivity contribution in [1.82, 2.24) is 9.72 Å². The molecule has 34 heavy (non-hydrogen) atoms. The van der Waals surface area contributed by atoms with Gasteiger partial charge in [-0.05, 0) is 28.7 Å². The molecule has 2 heterocycles. The van der Waals surface area contributed by atoms with E-state index in [1.54, 1.807) is 24.4 Å². The molecule has 12 heteroatoms. The lowest BCUT2D eigenvalue weighted by Gasteiger charge is -2.06. The van der Waals surface area contributed by atoms with Gasteiger partial charge in [0.25, 0.3) is 5.69 Å². The number of rotatable bonds is 6. The van der Waals surface area contributed by atoms with Crippen molar-refractivity contribution in [3.05, 3.63) is 91.8 Å². The molecule has 5 rings (SSSR count). The van der Waals surface area contributed by atoms with E-state index in [0.717, 1.165) is 11.6 Å². The van der Waals surface area contributed by atoms with Crippen LogP contribution in [0.3, 0.4) is 0 Å². The number of hydrogen-bond donors (Lipinski definition) is 0. The van der Waals surface area contributed by atoms with E-state index in [-0.39, 0.29) is 16.0 Å². The van der Waals surface area contributed by atoms with Crippen molar-refractivity contribution >= 4 is 33.3 Å². The minimum Gasteiger partial charge on any atom is -0.497 e. The fraction of sp³-hybridized carbons (Fsp3) is 0.0909. The van der Waals surface area contributed by atoms with Crippen LogP contribution in [-0.2, 0) is 6.54 Å². The number of benzene rings is 3. The van der Waals surface area contributed by atoms with Crippen LogP contribution in [0.15, 0.2) is 65.4 Å². The molecule has 0 atom stereocenters. The molecule has 0 saturated carbocycles. The summed E-state index contributed by atoms with van der Waals surface area (Å²) in [4.78, 5) is 21.8. The van der Waals surface area contributed by atoms with Gasteiger partial charge < -0.3 is 14.5 Å². The smallest absolute Gasteiger partial charge is 0.333 e. The van der Waals surface area contributed by atoms with Gasteiger partial charge in [0.2, 0.25) is 5.52 Å². The van der Waals surface area contributed by atoms with E-state index in [2.05, 4.69) is 9.79 Å². The molecule has 0 amide bonds. The van der Waals surface area contributed by atoms with Crippen molar-refractivity contribution in [1.29, 1.82) is 0 Å². The number of hydrogen-bond acceptors (Lipinski definition) is 8. The summed E-state index contributed by atoms with van der Waals surface area (Å²) in [5.74, 6) is 0.493. The third-order valence-corrected chi connectivity index (χ3v) is 5.57. The molecule has 0 unspecified atom stereocenters. The van der Waals surface area contributed by atoms with Crippen LogP contribution in [0.4, 0.5) is 11.4 Å². The molecule has 2 aromatic heterocycles. The second kappa shape index (κ2) is 7.85. The summed E-state index contributed by atoms with van der Waals surface area (Å²) < 4.78 is 11.8. The van der Waals surface area contributed by atoms with Crippen LogP contribution in [0, 0.1) is 25.4 Å². The molecular weight excluding hydrogens is 446 g/mol. The van der Waals surface area contributed by atoms with Gasteiger partial charge in [-0.25, -0.2) is 0 Å². The average molecular weight is 461 g/mol. The maximum atomic E-state index is 12.5. The second-order valence-electron chi connectivity index (χ2n) is 7.47. The van der Waals surface area contributed by atoms with E-state index < -0.39 is 26.7 Å². The largest absolute Gasteiger partial charge is 0.497 e. The zero-order chi connectivity index (χ0) is 24.0. The molecule has 12 nitrogen and oxygen atoms in total. The lowest BCUT2D eigenvalue weighted by Crippen LogP contribution is -2.23. The molecular formula is C22H15N5O7. The Morgan fingerprint density at radius 1 is 1.06 bits per heavy atom. The molecule has 0 radical (unpaired) electrons. The van der Waals surface area contributed by atoms with E-state index in [0.29, 0.717) is 28.8 Å². The van der Waals surface area contributed by atoms with Gasteiger partial charge in [0, 0.05) is 29.2 Å². The minimum absolute atomic E-state index is 0.0504. The molecule has 0 bridgehead atoms. The Morgan fingerprint density at radius 3 is 2.47 bits per heavy atom. The molecule has 3 aromatic carbocycles. The van der Waals surface area contributed by atoms with Crippen LogP contribution in [-0.4, -0.2) is 26.7 Å². The monoisotopic (exact) mass is 461 g/mol. The highest BCUT2D eigenvalue weighted by atomic mass is 16.8. The van der Waals surface area contributed by atoms with Gasteiger partial charge in [-0.2, -0.15) is 0 Å². The number of fused-ring (bicyclic) bond motifs is 2. The van der Waals surface area contributed by atoms with Gasteiger partial charge in [-0.3, -0.25) is 24.9 Å². The summed E-state index contributed by atoms with van der Waals surface area (Å²) in [6.45, 7) is 0.439. The van der Waals surface area contributed by atoms with Crippen molar-refractivity contribution in [2.24, 2.45) is 0 Å². The van der Waals surface area contributed by atoms with E-state index in [1.807, 2.05) is 34.9 Å². The maximum Gasteiger partial charge on any atom is 0.333 e. The molecule has 0 spiro atoms. The first-order chi connectivity index (χ1) is 16.4. The third-order valence-electron chi connectivity index (χ3n) is 5.57. The summed E-state index contributed by atoms with van der Waals surface area (Å²) in [6, 6.07) is 15.6. The number of non-ortho nitro benzene ring substituents is 1. The first-order valence-electron chi connectivity index (χ1n) is 9.95. The first kappa shape index (κ1) is 20.9. The number of nitro groups is 2. The maximum absolute atomic E-state index is 12.5. The quantitative estimate of drug-likeness (QED) is 0.209. The Hall–Kier alpha value is -5.00. The standard InChI is InChI=1S/C22H15N5O7/c1-33-14-7-8-17-15(9-14)16(12-24(17)11-13-5-3-2-4-6-13)20-18(25(28)29)10-19(26(30)31)21-22(20)27(32)34-23-21/h2-10,12H,11H2,1H3. The molecule has 0 aliphatic rings. The van der Waals surface area contributed by atoms with Crippen LogP contribution in [0.1, 0.15) is 5.56 Å². The highest BCUT2D eigenvalue weighted by molar-refractivity contribution is 6.07. The molecule has 0 aliphatic carbocycles. The van der Waals surface area contributed by atoms with Crippen LogP contribution >= 0.6 is 0 Å². The van der Waals surface area contributed by atoms with Crippen LogP contribution < -0.4 is 9.64 Å². The Labute approximate surface area is 190 Å². The van der Waals surface area contributed by atoms with Gasteiger partial charge in [-0.1, -0.05) is 30.3 Å². The molecule has 0 aliphatic heterocycles. The van der Waals surface area contributed by atoms with Crippen LogP contribution in [0.2, 0.25) is 0 Å². The van der Waals surface area contributed by atoms with E-state index in [9.17, 15) is 25.4 Å². The summed E-state index contributed by atoms with van der Waals surface area (Å²) in [6.07, 6.45) is 1.66. The molecule has 170 valence electrons. The Balaban J connectivity index is 1.88. The SMILES string of the molecule is COc1ccc2c(c1)c(-c1c([N+](=O)[O-])cc([N+](=O)[O-])c3no[n+]([O-])c13)cn2Cc1ccccc1. The Morgan fingerprint density at radius 2 is 1.79 bits per heavy atom. The summed E-state index contributed by atoms with van der Waals surface area (Å²) in [5.41, 5.74) is -0.225. The minimum atomic E-state index is -0.844. The van der Waals surface area contributed by atoms with E-state index in [4.69, 9.17) is 4.74 Å². The van der Waals surface area contributed by atoms with Gasteiger partial charge >= 0.3 is 11.2 Å². The summed E-state index contributed by atoms with van der Waals surface area (Å²) >= 11 is 0. The van der Waals surface area contributed by atoms with Gasteiger partial charge in [-0.15, -0.1) is 0 Å². The fourth-order valence-electron chi connectivity index (χ4n) is 4.08. The highest BCUT2D eigenvalue weighted by Crippen LogP contribution is 2.43. The van der Waals surface area contributed by atoms with Crippen LogP contribution in [0.25, 0.3) is 33.1 Å². The highest BCUT2D eigenvalue weighted by Gasteiger charge is 2.36. The third kappa shape index (κ3) is 3.24. The Kier molecular flexibility index (Phi) is 4.82. The van der Waals surface area contributed by atoms with Crippen molar-refractivity contribution < 1.29 is 24.1 Å². The van der Waals surface area contributed by atoms with Crippen molar-refractivity contribution in [2.45, 2.75) is 6.54 Å².